The lowest BCUT2D eigenvalue weighted by Crippen LogP contribution is -2.50. The minimum Gasteiger partial charge on any atom is -0.494 e. The summed E-state index contributed by atoms with van der Waals surface area (Å²) < 4.78 is 50.1. The number of nitrogens with one attached hydrogen (secondary N) is 1. The van der Waals surface area contributed by atoms with Crippen molar-refractivity contribution in [2.75, 3.05) is 32.7 Å². The molecule has 10 nitrogen and oxygen atoms in total. The summed E-state index contributed by atoms with van der Waals surface area (Å²) >= 11 is 0. The molecule has 196 valence electrons. The summed E-state index contributed by atoms with van der Waals surface area (Å²) in [5.41, 5.74) is 0.966. The van der Waals surface area contributed by atoms with Gasteiger partial charge in [-0.25, -0.2) is 22.9 Å². The molecule has 1 aliphatic carbocycles. The lowest BCUT2D eigenvalue weighted by Gasteiger charge is -2.33. The van der Waals surface area contributed by atoms with Crippen LogP contribution in [0.4, 0.5) is 4.79 Å². The molecule has 0 radical (unpaired) electrons. The van der Waals surface area contributed by atoms with Gasteiger partial charge in [-0.1, -0.05) is 0 Å². The van der Waals surface area contributed by atoms with Gasteiger partial charge in [0.05, 0.1) is 50.5 Å². The van der Waals surface area contributed by atoms with Crippen LogP contribution in [0.15, 0.2) is 12.1 Å². The van der Waals surface area contributed by atoms with Crippen molar-refractivity contribution in [3.63, 3.8) is 0 Å². The molecule has 1 aromatic rings. The Balaban J connectivity index is 1.53. The van der Waals surface area contributed by atoms with Crippen molar-refractivity contribution in [3.8, 4) is 11.6 Å². The van der Waals surface area contributed by atoms with Crippen LogP contribution >= 0.6 is 0 Å². The van der Waals surface area contributed by atoms with Gasteiger partial charge in [-0.05, 0) is 46.0 Å². The number of hydrogen-bond donors (Lipinski definition) is 1. The molecule has 1 aromatic heterocycles. The van der Waals surface area contributed by atoms with Gasteiger partial charge < -0.3 is 18.9 Å². The highest BCUT2D eigenvalue weighted by molar-refractivity contribution is 7.88. The summed E-state index contributed by atoms with van der Waals surface area (Å²) in [6, 6.07) is 2.77. The van der Waals surface area contributed by atoms with E-state index >= 15 is 0 Å². The Kier molecular flexibility index (Phi) is 8.38. The van der Waals surface area contributed by atoms with Crippen LogP contribution in [-0.4, -0.2) is 81.3 Å². The molecule has 11 heteroatoms. The summed E-state index contributed by atoms with van der Waals surface area (Å²) in [6.07, 6.45) is 5.29. The fraction of sp³-hybridized carbons (Fsp3) is 0.750. The number of pyridine rings is 1. The highest BCUT2D eigenvalue weighted by Gasteiger charge is 2.44. The average Bonchev–Trinajstić information content (AvgIpc) is 3.10. The zero-order valence-electron chi connectivity index (χ0n) is 20.8. The van der Waals surface area contributed by atoms with Crippen molar-refractivity contribution in [2.24, 2.45) is 0 Å². The summed E-state index contributed by atoms with van der Waals surface area (Å²) in [6.45, 7) is 5.20. The molecule has 5 rings (SSSR count). The van der Waals surface area contributed by atoms with Gasteiger partial charge in [0.15, 0.2) is 0 Å². The number of nitrogens with zero attached hydrogens (tertiary/aromatic N) is 2. The number of carbonyl (C=O) groups excluding carboxylic acids is 1. The van der Waals surface area contributed by atoms with Gasteiger partial charge in [-0.3, -0.25) is 4.90 Å². The van der Waals surface area contributed by atoms with E-state index in [-0.39, 0.29) is 25.4 Å². The second-order valence-electron chi connectivity index (χ2n) is 9.68. The highest BCUT2D eigenvalue weighted by Crippen LogP contribution is 2.36. The topological polar surface area (TPSA) is 116 Å². The molecule has 3 atom stereocenters. The molecule has 4 heterocycles. The third kappa shape index (κ3) is 6.77. The number of sulfonamides is 1. The van der Waals surface area contributed by atoms with Crippen LogP contribution in [0.5, 0.6) is 11.6 Å². The number of ether oxygens (including phenoxy) is 4. The maximum Gasteiger partial charge on any atom is 0.410 e. The second-order valence-corrected chi connectivity index (χ2v) is 11.5. The van der Waals surface area contributed by atoms with Crippen LogP contribution < -0.4 is 14.2 Å². The minimum absolute atomic E-state index is 0.0420. The summed E-state index contributed by atoms with van der Waals surface area (Å²) in [7, 11) is -3.44. The van der Waals surface area contributed by atoms with E-state index in [0.29, 0.717) is 37.9 Å². The summed E-state index contributed by atoms with van der Waals surface area (Å²) in [4.78, 5) is 19.3. The molecule has 2 fully saturated rings. The fourth-order valence-electron chi connectivity index (χ4n) is 5.34. The Bertz CT molecular complexity index is 981. The van der Waals surface area contributed by atoms with E-state index in [2.05, 4.69) is 4.72 Å². The quantitative estimate of drug-likeness (QED) is 0.656. The highest BCUT2D eigenvalue weighted by atomic mass is 32.2. The smallest absolute Gasteiger partial charge is 0.410 e. The van der Waals surface area contributed by atoms with Crippen molar-refractivity contribution >= 4 is 16.1 Å². The number of amides is 1. The zero-order valence-corrected chi connectivity index (χ0v) is 21.6. The van der Waals surface area contributed by atoms with Crippen LogP contribution in [0.3, 0.4) is 0 Å². The van der Waals surface area contributed by atoms with Crippen molar-refractivity contribution < 1.29 is 32.2 Å². The van der Waals surface area contributed by atoms with Gasteiger partial charge in [-0.2, -0.15) is 0 Å². The first-order valence-electron chi connectivity index (χ1n) is 12.5. The summed E-state index contributed by atoms with van der Waals surface area (Å²) in [5, 5.41) is 0. The molecule has 0 spiro atoms. The number of fused-ring (bicyclic) bond motifs is 8. The van der Waals surface area contributed by atoms with Crippen LogP contribution in [0.2, 0.25) is 0 Å². The number of carbonyl (C=O) groups is 1. The molecule has 3 aliphatic heterocycles. The Morgan fingerprint density at radius 2 is 1.91 bits per heavy atom. The van der Waals surface area contributed by atoms with Crippen LogP contribution in [0.25, 0.3) is 0 Å². The van der Waals surface area contributed by atoms with Crippen LogP contribution in [0.1, 0.15) is 64.0 Å². The fourth-order valence-corrected chi connectivity index (χ4v) is 6.14. The standard InChI is InChI=1S/C24H37N3O7S/c1-4-31-19-13-20-17-6-8-18(9-7-17)34-15-22-21(26-35(3,29)30)12-16(2)27(22)24(28)33-11-5-10-32-23(14-19)25-20/h13-14,16-18,21-22,26H,4-12,15H2,1-3H3/t16-,17?,18?,21+,22+/m1/s1. The normalized spacial score (nSPS) is 30.2. The molecule has 4 bridgehead atoms. The molecular formula is C24H37N3O7S. The third-order valence-electron chi connectivity index (χ3n) is 6.93. The Morgan fingerprint density at radius 3 is 2.63 bits per heavy atom. The zero-order chi connectivity index (χ0) is 25.0. The second kappa shape index (κ2) is 11.3. The molecule has 0 unspecified atom stereocenters. The van der Waals surface area contributed by atoms with E-state index in [4.69, 9.17) is 23.9 Å². The maximum absolute atomic E-state index is 13.0. The molecule has 4 aliphatic rings. The monoisotopic (exact) mass is 511 g/mol. The van der Waals surface area contributed by atoms with Crippen molar-refractivity contribution in [2.45, 2.75) is 82.5 Å². The van der Waals surface area contributed by atoms with Crippen LogP contribution in [0, 0.1) is 0 Å². The average molecular weight is 512 g/mol. The lowest BCUT2D eigenvalue weighted by molar-refractivity contribution is -0.0107. The van der Waals surface area contributed by atoms with E-state index in [1.165, 1.54) is 0 Å². The number of hydrogen-bond acceptors (Lipinski definition) is 8. The predicted octanol–water partition coefficient (Wildman–Crippen LogP) is 2.82. The maximum atomic E-state index is 13.0. The van der Waals surface area contributed by atoms with Crippen molar-refractivity contribution in [1.29, 1.82) is 0 Å². The van der Waals surface area contributed by atoms with Crippen LogP contribution in [-0.2, 0) is 19.5 Å². The Labute approximate surface area is 207 Å². The van der Waals surface area contributed by atoms with E-state index in [1.54, 1.807) is 11.0 Å². The summed E-state index contributed by atoms with van der Waals surface area (Å²) in [5.74, 6) is 1.55. The van der Waals surface area contributed by atoms with Gasteiger partial charge in [0.2, 0.25) is 15.9 Å². The van der Waals surface area contributed by atoms with Gasteiger partial charge in [0, 0.05) is 36.6 Å². The molecule has 1 N–H and O–H groups in total. The first-order valence-corrected chi connectivity index (χ1v) is 14.4. The van der Waals surface area contributed by atoms with E-state index in [0.717, 1.165) is 43.4 Å². The first-order chi connectivity index (χ1) is 16.7. The Hall–Kier alpha value is -2.11. The minimum atomic E-state index is -3.44. The van der Waals surface area contributed by atoms with E-state index in [9.17, 15) is 13.2 Å². The van der Waals surface area contributed by atoms with Crippen molar-refractivity contribution in [1.82, 2.24) is 14.6 Å². The molecule has 0 aromatic carbocycles. The third-order valence-corrected chi connectivity index (χ3v) is 7.66. The van der Waals surface area contributed by atoms with E-state index < -0.39 is 28.2 Å². The first kappa shape index (κ1) is 26.0. The lowest BCUT2D eigenvalue weighted by atomic mass is 9.85. The number of rotatable bonds is 4. The molecular weight excluding hydrogens is 474 g/mol. The Morgan fingerprint density at radius 1 is 1.17 bits per heavy atom. The predicted molar refractivity (Wildman–Crippen MR) is 129 cm³/mol. The molecule has 1 saturated heterocycles. The SMILES string of the molecule is CCOc1cc2nc(c1)C1CCC(CC1)OC[C@H]1[C@@H](NS(C)(=O)=O)C[C@@H](C)N1C(=O)OCCCO2. The largest absolute Gasteiger partial charge is 0.494 e. The molecule has 1 saturated carbocycles. The van der Waals surface area contributed by atoms with Gasteiger partial charge in [0.25, 0.3) is 0 Å². The van der Waals surface area contributed by atoms with Gasteiger partial charge in [0.1, 0.15) is 5.75 Å². The van der Waals surface area contributed by atoms with Gasteiger partial charge >= 0.3 is 6.09 Å². The van der Waals surface area contributed by atoms with Gasteiger partial charge in [-0.15, -0.1) is 0 Å². The van der Waals surface area contributed by atoms with Crippen molar-refractivity contribution in [3.05, 3.63) is 17.8 Å². The molecule has 1 amide bonds. The molecule has 35 heavy (non-hydrogen) atoms. The number of aromatic nitrogens is 1. The van der Waals surface area contributed by atoms with E-state index in [1.807, 2.05) is 19.9 Å².